The maximum Gasteiger partial charge on any atom is 0.337 e. The standard InChI is InChI=1S/C12H14ClNO3/c13-8-1-4-11(10(7-8)12(16)17)14(5-6-15)9-2-3-9/h1,4,7,9,15H,2-3,5-6H2,(H,16,17). The molecule has 1 aromatic carbocycles. The fraction of sp³-hybridized carbons (Fsp3) is 0.417. The lowest BCUT2D eigenvalue weighted by Crippen LogP contribution is -2.30. The highest BCUT2D eigenvalue weighted by atomic mass is 35.5. The van der Waals surface area contributed by atoms with Crippen molar-refractivity contribution in [1.82, 2.24) is 0 Å². The number of benzene rings is 1. The van der Waals surface area contributed by atoms with Crippen molar-refractivity contribution in [2.75, 3.05) is 18.1 Å². The molecule has 0 spiro atoms. The Morgan fingerprint density at radius 1 is 1.47 bits per heavy atom. The van der Waals surface area contributed by atoms with Crippen LogP contribution in [0.1, 0.15) is 23.2 Å². The normalized spacial score (nSPS) is 14.7. The monoisotopic (exact) mass is 255 g/mol. The van der Waals surface area contributed by atoms with E-state index < -0.39 is 5.97 Å². The highest BCUT2D eigenvalue weighted by Gasteiger charge is 2.31. The first-order valence-electron chi connectivity index (χ1n) is 5.54. The van der Waals surface area contributed by atoms with E-state index >= 15 is 0 Å². The van der Waals surface area contributed by atoms with Gasteiger partial charge in [0.1, 0.15) is 0 Å². The van der Waals surface area contributed by atoms with Gasteiger partial charge in [-0.15, -0.1) is 0 Å². The average Bonchev–Trinajstić information content (AvgIpc) is 3.10. The molecule has 1 saturated carbocycles. The van der Waals surface area contributed by atoms with E-state index in [1.165, 1.54) is 6.07 Å². The van der Waals surface area contributed by atoms with Gasteiger partial charge in [-0.05, 0) is 31.0 Å². The van der Waals surface area contributed by atoms with E-state index in [-0.39, 0.29) is 12.2 Å². The first-order valence-corrected chi connectivity index (χ1v) is 5.91. The van der Waals surface area contributed by atoms with Gasteiger partial charge in [0.15, 0.2) is 0 Å². The van der Waals surface area contributed by atoms with Crippen molar-refractivity contribution in [2.45, 2.75) is 18.9 Å². The zero-order chi connectivity index (χ0) is 12.4. The molecule has 0 unspecified atom stereocenters. The maximum absolute atomic E-state index is 11.2. The van der Waals surface area contributed by atoms with E-state index in [4.69, 9.17) is 21.8 Å². The highest BCUT2D eigenvalue weighted by Crippen LogP contribution is 2.34. The van der Waals surface area contributed by atoms with Gasteiger partial charge in [-0.25, -0.2) is 4.79 Å². The second kappa shape index (κ2) is 4.94. The third-order valence-electron chi connectivity index (χ3n) is 2.83. The quantitative estimate of drug-likeness (QED) is 0.845. The highest BCUT2D eigenvalue weighted by molar-refractivity contribution is 6.31. The number of carbonyl (C=O) groups is 1. The van der Waals surface area contributed by atoms with Crippen LogP contribution in [0.25, 0.3) is 0 Å². The van der Waals surface area contributed by atoms with Gasteiger partial charge < -0.3 is 15.1 Å². The van der Waals surface area contributed by atoms with E-state index in [1.54, 1.807) is 12.1 Å². The van der Waals surface area contributed by atoms with Crippen molar-refractivity contribution in [1.29, 1.82) is 0 Å². The first-order chi connectivity index (χ1) is 8.13. The molecule has 17 heavy (non-hydrogen) atoms. The maximum atomic E-state index is 11.2. The molecular weight excluding hydrogens is 242 g/mol. The van der Waals surface area contributed by atoms with E-state index in [9.17, 15) is 4.79 Å². The summed E-state index contributed by atoms with van der Waals surface area (Å²) in [7, 11) is 0. The Morgan fingerprint density at radius 3 is 2.71 bits per heavy atom. The van der Waals surface area contributed by atoms with Crippen LogP contribution in [0.15, 0.2) is 18.2 Å². The number of carboxylic acids is 1. The summed E-state index contributed by atoms with van der Waals surface area (Å²) in [5.74, 6) is -0.994. The summed E-state index contributed by atoms with van der Waals surface area (Å²) in [4.78, 5) is 13.1. The molecule has 1 fully saturated rings. The van der Waals surface area contributed by atoms with Crippen LogP contribution in [0.4, 0.5) is 5.69 Å². The molecule has 2 rings (SSSR count). The minimum atomic E-state index is -0.994. The predicted octanol–water partition coefficient (Wildman–Crippen LogP) is 2.00. The summed E-state index contributed by atoms with van der Waals surface area (Å²) in [6.45, 7) is 0.463. The Kier molecular flexibility index (Phi) is 3.54. The minimum Gasteiger partial charge on any atom is -0.478 e. The molecule has 0 radical (unpaired) electrons. The number of carboxylic acid groups (broad SMARTS) is 1. The van der Waals surface area contributed by atoms with Crippen LogP contribution in [0, 0.1) is 0 Å². The zero-order valence-corrected chi connectivity index (χ0v) is 10.0. The van der Waals surface area contributed by atoms with Crippen molar-refractivity contribution in [3.05, 3.63) is 28.8 Å². The molecule has 1 aliphatic rings. The van der Waals surface area contributed by atoms with Crippen molar-refractivity contribution >= 4 is 23.3 Å². The van der Waals surface area contributed by atoms with Crippen LogP contribution in [0.3, 0.4) is 0 Å². The summed E-state index contributed by atoms with van der Waals surface area (Å²) < 4.78 is 0. The number of hydrogen-bond acceptors (Lipinski definition) is 3. The molecule has 0 heterocycles. The molecule has 5 heteroatoms. The van der Waals surface area contributed by atoms with Gasteiger partial charge >= 0.3 is 5.97 Å². The van der Waals surface area contributed by atoms with E-state index in [1.807, 2.05) is 4.90 Å². The van der Waals surface area contributed by atoms with Crippen molar-refractivity contribution < 1.29 is 15.0 Å². The molecule has 0 bridgehead atoms. The van der Waals surface area contributed by atoms with Gasteiger partial charge in [0.05, 0.1) is 17.9 Å². The van der Waals surface area contributed by atoms with E-state index in [2.05, 4.69) is 0 Å². The summed E-state index contributed by atoms with van der Waals surface area (Å²) in [5, 5.41) is 18.6. The third kappa shape index (κ3) is 2.70. The lowest BCUT2D eigenvalue weighted by molar-refractivity contribution is 0.0697. The molecule has 2 N–H and O–H groups in total. The number of aliphatic hydroxyl groups excluding tert-OH is 1. The second-order valence-corrected chi connectivity index (χ2v) is 4.55. The lowest BCUT2D eigenvalue weighted by atomic mass is 10.1. The van der Waals surface area contributed by atoms with Gasteiger partial charge in [-0.2, -0.15) is 0 Å². The Bertz CT molecular complexity index is 432. The number of anilines is 1. The summed E-state index contributed by atoms with van der Waals surface area (Å²) >= 11 is 5.81. The van der Waals surface area contributed by atoms with Crippen LogP contribution in [0.2, 0.25) is 5.02 Å². The third-order valence-corrected chi connectivity index (χ3v) is 3.06. The molecular formula is C12H14ClNO3. The zero-order valence-electron chi connectivity index (χ0n) is 9.27. The van der Waals surface area contributed by atoms with Gasteiger partial charge in [0.2, 0.25) is 0 Å². The number of aliphatic hydroxyl groups is 1. The van der Waals surface area contributed by atoms with Gasteiger partial charge in [0, 0.05) is 17.6 Å². The number of halogens is 1. The number of hydrogen-bond donors (Lipinski definition) is 2. The van der Waals surface area contributed by atoms with Crippen LogP contribution in [0.5, 0.6) is 0 Å². The number of aromatic carboxylic acids is 1. The summed E-state index contributed by atoms with van der Waals surface area (Å²) in [6.07, 6.45) is 2.09. The van der Waals surface area contributed by atoms with Crippen molar-refractivity contribution in [3.63, 3.8) is 0 Å². The largest absolute Gasteiger partial charge is 0.478 e. The van der Waals surface area contributed by atoms with Crippen LogP contribution in [-0.2, 0) is 0 Å². The molecule has 92 valence electrons. The van der Waals surface area contributed by atoms with Crippen LogP contribution >= 0.6 is 11.6 Å². The molecule has 0 amide bonds. The Balaban J connectivity index is 2.37. The van der Waals surface area contributed by atoms with Gasteiger partial charge in [-0.3, -0.25) is 0 Å². The Morgan fingerprint density at radius 2 is 2.18 bits per heavy atom. The summed E-state index contributed by atoms with van der Waals surface area (Å²) in [5.41, 5.74) is 0.830. The Labute approximate surface area is 104 Å². The predicted molar refractivity (Wildman–Crippen MR) is 65.9 cm³/mol. The number of rotatable bonds is 5. The summed E-state index contributed by atoms with van der Waals surface area (Å²) in [6, 6.07) is 5.18. The second-order valence-electron chi connectivity index (χ2n) is 4.11. The minimum absolute atomic E-state index is 0.0121. The fourth-order valence-corrected chi connectivity index (χ4v) is 2.10. The van der Waals surface area contributed by atoms with E-state index in [0.29, 0.717) is 23.3 Å². The average molecular weight is 256 g/mol. The molecule has 0 saturated heterocycles. The smallest absolute Gasteiger partial charge is 0.337 e. The van der Waals surface area contributed by atoms with Crippen molar-refractivity contribution in [3.8, 4) is 0 Å². The molecule has 0 aromatic heterocycles. The Hall–Kier alpha value is -1.26. The topological polar surface area (TPSA) is 60.8 Å². The fourth-order valence-electron chi connectivity index (χ4n) is 1.92. The molecule has 1 aliphatic carbocycles. The van der Waals surface area contributed by atoms with Gasteiger partial charge in [0.25, 0.3) is 0 Å². The van der Waals surface area contributed by atoms with E-state index in [0.717, 1.165) is 12.8 Å². The lowest BCUT2D eigenvalue weighted by Gasteiger charge is -2.25. The molecule has 0 aliphatic heterocycles. The number of nitrogens with zero attached hydrogens (tertiary/aromatic N) is 1. The van der Waals surface area contributed by atoms with Crippen LogP contribution < -0.4 is 4.90 Å². The first kappa shape index (κ1) is 12.2. The van der Waals surface area contributed by atoms with Crippen LogP contribution in [-0.4, -0.2) is 35.4 Å². The van der Waals surface area contributed by atoms with Gasteiger partial charge in [-0.1, -0.05) is 11.6 Å². The molecule has 0 atom stereocenters. The molecule has 1 aromatic rings. The van der Waals surface area contributed by atoms with Crippen molar-refractivity contribution in [2.24, 2.45) is 0 Å². The molecule has 4 nitrogen and oxygen atoms in total. The SMILES string of the molecule is O=C(O)c1cc(Cl)ccc1N(CCO)C1CC1.